The average Bonchev–Trinajstić information content (AvgIpc) is 3.02. The number of nitrogens with zero attached hydrogens (tertiary/aromatic N) is 1. The van der Waals surface area contributed by atoms with Gasteiger partial charge in [0.15, 0.2) is 0 Å². The predicted octanol–water partition coefficient (Wildman–Crippen LogP) is 5.62. The number of carbonyl (C=O) groups excluding carboxylic acids is 2. The molecule has 30 heavy (non-hydrogen) atoms. The zero-order valence-corrected chi connectivity index (χ0v) is 18.6. The molecule has 0 radical (unpaired) electrons. The number of benzene rings is 3. The highest BCUT2D eigenvalue weighted by Gasteiger charge is 2.34. The Hall–Kier alpha value is -2.84. The lowest BCUT2D eigenvalue weighted by molar-refractivity contribution is -0.113. The molecule has 0 bridgehead atoms. The Balaban J connectivity index is 1.49. The maximum absolute atomic E-state index is 12.7. The molecule has 0 atom stereocenters. The molecular weight excluding hydrogens is 515 g/mol. The van der Waals surface area contributed by atoms with E-state index in [9.17, 15) is 9.59 Å². The van der Waals surface area contributed by atoms with Crippen molar-refractivity contribution in [1.82, 2.24) is 5.32 Å². The van der Waals surface area contributed by atoms with E-state index in [0.29, 0.717) is 17.3 Å². The number of para-hydroxylation sites is 1. The molecule has 1 saturated heterocycles. The second kappa shape index (κ2) is 8.89. The minimum Gasteiger partial charge on any atom is -0.488 e. The highest BCUT2D eigenvalue weighted by molar-refractivity contribution is 14.1. The third-order valence-corrected chi connectivity index (χ3v) is 5.56. The van der Waals surface area contributed by atoms with Crippen LogP contribution in [0.15, 0.2) is 78.5 Å². The van der Waals surface area contributed by atoms with Crippen LogP contribution < -0.4 is 15.0 Å². The lowest BCUT2D eigenvalue weighted by Crippen LogP contribution is -2.30. The number of amides is 3. The Morgan fingerprint density at radius 2 is 1.73 bits per heavy atom. The van der Waals surface area contributed by atoms with Gasteiger partial charge in [0.25, 0.3) is 5.91 Å². The summed E-state index contributed by atoms with van der Waals surface area (Å²) in [4.78, 5) is 26.1. The van der Waals surface area contributed by atoms with Gasteiger partial charge in [0, 0.05) is 5.02 Å². The highest BCUT2D eigenvalue weighted by Crippen LogP contribution is 2.26. The maximum Gasteiger partial charge on any atom is 0.333 e. The fourth-order valence-corrected chi connectivity index (χ4v) is 3.80. The molecule has 3 aromatic carbocycles. The molecule has 3 amide bonds. The fourth-order valence-electron chi connectivity index (χ4n) is 2.98. The first-order chi connectivity index (χ1) is 14.5. The summed E-state index contributed by atoms with van der Waals surface area (Å²) in [7, 11) is 0. The zero-order chi connectivity index (χ0) is 21.1. The number of carbonyl (C=O) groups is 2. The Bertz CT molecular complexity index is 1130. The minimum absolute atomic E-state index is 0.231. The molecule has 7 heteroatoms. The van der Waals surface area contributed by atoms with E-state index in [1.54, 1.807) is 30.3 Å². The van der Waals surface area contributed by atoms with E-state index in [1.165, 1.54) is 0 Å². The lowest BCUT2D eigenvalue weighted by atomic mass is 10.2. The van der Waals surface area contributed by atoms with Gasteiger partial charge in [-0.2, -0.15) is 0 Å². The van der Waals surface area contributed by atoms with Crippen LogP contribution in [0.25, 0.3) is 6.08 Å². The number of nitrogens with one attached hydrogen (secondary N) is 1. The van der Waals surface area contributed by atoms with Crippen LogP contribution in [0.3, 0.4) is 0 Å². The topological polar surface area (TPSA) is 58.6 Å². The average molecular weight is 531 g/mol. The van der Waals surface area contributed by atoms with Crippen molar-refractivity contribution in [2.45, 2.75) is 6.61 Å². The van der Waals surface area contributed by atoms with Gasteiger partial charge in [-0.05, 0) is 76.2 Å². The van der Waals surface area contributed by atoms with Gasteiger partial charge in [0.1, 0.15) is 18.1 Å². The highest BCUT2D eigenvalue weighted by atomic mass is 127. The van der Waals surface area contributed by atoms with Crippen LogP contribution in [0.4, 0.5) is 10.5 Å². The van der Waals surface area contributed by atoms with Gasteiger partial charge in [0.05, 0.1) is 9.26 Å². The van der Waals surface area contributed by atoms with Crippen LogP contribution in [0.1, 0.15) is 11.1 Å². The first kappa shape index (κ1) is 20.4. The first-order valence-corrected chi connectivity index (χ1v) is 10.6. The molecule has 3 aromatic rings. The number of urea groups is 1. The predicted molar refractivity (Wildman–Crippen MR) is 125 cm³/mol. The van der Waals surface area contributed by atoms with E-state index >= 15 is 0 Å². The van der Waals surface area contributed by atoms with Crippen LogP contribution >= 0.6 is 34.2 Å². The van der Waals surface area contributed by atoms with Crippen LogP contribution in [-0.4, -0.2) is 11.9 Å². The fraction of sp³-hybridized carbons (Fsp3) is 0.0435. The van der Waals surface area contributed by atoms with Crippen molar-refractivity contribution in [2.75, 3.05) is 4.90 Å². The SMILES string of the molecule is O=C1N/C(=C/c2ccc(OCc3ccc(Cl)cc3)c(I)c2)C(=O)N1c1ccccc1. The Morgan fingerprint density at radius 3 is 2.43 bits per heavy atom. The smallest absolute Gasteiger partial charge is 0.333 e. The van der Waals surface area contributed by atoms with Crippen molar-refractivity contribution in [1.29, 1.82) is 0 Å². The number of hydrogen-bond donors (Lipinski definition) is 1. The van der Waals surface area contributed by atoms with Crippen LogP contribution in [0.2, 0.25) is 5.02 Å². The molecule has 0 aromatic heterocycles. The molecule has 0 saturated carbocycles. The van der Waals surface area contributed by atoms with Gasteiger partial charge in [-0.3, -0.25) is 4.79 Å². The second-order valence-corrected chi connectivity index (χ2v) is 8.17. The van der Waals surface area contributed by atoms with Crippen molar-refractivity contribution in [3.8, 4) is 5.75 Å². The summed E-state index contributed by atoms with van der Waals surface area (Å²) >= 11 is 8.09. The number of hydrogen-bond acceptors (Lipinski definition) is 3. The molecule has 0 aliphatic carbocycles. The van der Waals surface area contributed by atoms with Crippen molar-refractivity contribution in [3.63, 3.8) is 0 Å². The molecule has 5 nitrogen and oxygen atoms in total. The van der Waals surface area contributed by atoms with Crippen LogP contribution in [0, 0.1) is 3.57 Å². The number of ether oxygens (including phenoxy) is 1. The van der Waals surface area contributed by atoms with E-state index in [4.69, 9.17) is 16.3 Å². The molecule has 1 heterocycles. The van der Waals surface area contributed by atoms with Crippen molar-refractivity contribution >= 4 is 57.9 Å². The standard InChI is InChI=1S/C23H16ClIN2O3/c24-17-9-6-15(7-10-17)14-30-21-11-8-16(12-19(21)25)13-20-22(28)27(23(29)26-20)18-4-2-1-3-5-18/h1-13H,14H2,(H,26,29)/b20-13+. The van der Waals surface area contributed by atoms with Crippen molar-refractivity contribution in [2.24, 2.45) is 0 Å². The normalized spacial score (nSPS) is 14.9. The second-order valence-electron chi connectivity index (χ2n) is 6.57. The van der Waals surface area contributed by atoms with E-state index in [-0.39, 0.29) is 11.6 Å². The summed E-state index contributed by atoms with van der Waals surface area (Å²) in [5.74, 6) is 0.352. The zero-order valence-electron chi connectivity index (χ0n) is 15.6. The molecule has 4 rings (SSSR count). The quantitative estimate of drug-likeness (QED) is 0.265. The molecule has 150 valence electrons. The number of imide groups is 1. The van der Waals surface area contributed by atoms with Gasteiger partial charge in [-0.1, -0.05) is 48.0 Å². The van der Waals surface area contributed by atoms with E-state index in [2.05, 4.69) is 27.9 Å². The van der Waals surface area contributed by atoms with Crippen LogP contribution in [0.5, 0.6) is 5.75 Å². The summed E-state index contributed by atoms with van der Waals surface area (Å²) in [6.07, 6.45) is 1.66. The maximum atomic E-state index is 12.7. The molecule has 1 aliphatic heterocycles. The number of rotatable bonds is 5. The van der Waals surface area contributed by atoms with Gasteiger partial charge < -0.3 is 10.1 Å². The monoisotopic (exact) mass is 530 g/mol. The number of halogens is 2. The molecular formula is C23H16ClIN2O3. The molecule has 0 unspecified atom stereocenters. The molecule has 1 N–H and O–H groups in total. The Kier molecular flexibility index (Phi) is 6.06. The van der Waals surface area contributed by atoms with Gasteiger partial charge in [-0.25, -0.2) is 9.69 Å². The van der Waals surface area contributed by atoms with E-state index in [1.807, 2.05) is 48.5 Å². The van der Waals surface area contributed by atoms with E-state index in [0.717, 1.165) is 25.3 Å². The van der Waals surface area contributed by atoms with Crippen LogP contribution in [-0.2, 0) is 11.4 Å². The van der Waals surface area contributed by atoms with Crippen molar-refractivity contribution in [3.05, 3.63) is 98.2 Å². The van der Waals surface area contributed by atoms with Gasteiger partial charge in [-0.15, -0.1) is 0 Å². The lowest BCUT2D eigenvalue weighted by Gasteiger charge is -2.11. The molecule has 1 aliphatic rings. The summed E-state index contributed by atoms with van der Waals surface area (Å²) < 4.78 is 6.78. The first-order valence-electron chi connectivity index (χ1n) is 9.10. The Morgan fingerprint density at radius 1 is 1.00 bits per heavy atom. The molecule has 0 spiro atoms. The minimum atomic E-state index is -0.463. The third-order valence-electron chi connectivity index (χ3n) is 4.47. The van der Waals surface area contributed by atoms with Crippen molar-refractivity contribution < 1.29 is 14.3 Å². The third kappa shape index (κ3) is 4.49. The molecule has 1 fully saturated rings. The van der Waals surface area contributed by atoms with Gasteiger partial charge >= 0.3 is 6.03 Å². The largest absolute Gasteiger partial charge is 0.488 e. The van der Waals surface area contributed by atoms with E-state index < -0.39 is 6.03 Å². The Labute approximate surface area is 192 Å². The number of anilines is 1. The summed E-state index contributed by atoms with van der Waals surface area (Å²) in [6.45, 7) is 0.425. The summed E-state index contributed by atoms with van der Waals surface area (Å²) in [5, 5.41) is 3.33. The van der Waals surface area contributed by atoms with Gasteiger partial charge in [0.2, 0.25) is 0 Å². The summed E-state index contributed by atoms with van der Waals surface area (Å²) in [6, 6.07) is 21.4. The summed E-state index contributed by atoms with van der Waals surface area (Å²) in [5.41, 5.74) is 2.57.